The highest BCUT2D eigenvalue weighted by molar-refractivity contribution is 14.1. The molecule has 20 heavy (non-hydrogen) atoms. The van der Waals surface area contributed by atoms with E-state index >= 15 is 0 Å². The third kappa shape index (κ3) is 8.48. The third-order valence-corrected chi connectivity index (χ3v) is 3.14. The van der Waals surface area contributed by atoms with Crippen LogP contribution in [0.5, 0.6) is 11.5 Å². The molecule has 0 aliphatic rings. The number of halogens is 2. The first-order chi connectivity index (χ1) is 9.88. The first-order valence-corrected chi connectivity index (χ1v) is 9.55. The summed E-state index contributed by atoms with van der Waals surface area (Å²) in [6, 6.07) is 7.67. The van der Waals surface area contributed by atoms with Crippen molar-refractivity contribution in [3.05, 3.63) is 24.3 Å². The predicted octanol–water partition coefficient (Wildman–Crippen LogP) is 3.35. The maximum Gasteiger partial charge on any atom is 0.161 e. The number of hydrogen-bond acceptors (Lipinski definition) is 4. The third-order valence-electron chi connectivity index (χ3n) is 2.26. The van der Waals surface area contributed by atoms with E-state index < -0.39 is 0 Å². The van der Waals surface area contributed by atoms with Crippen LogP contribution < -0.4 is 9.47 Å². The topological polar surface area (TPSA) is 36.9 Å². The van der Waals surface area contributed by atoms with Crippen molar-refractivity contribution in [3.63, 3.8) is 0 Å². The number of ether oxygens (including phenoxy) is 4. The van der Waals surface area contributed by atoms with Crippen molar-refractivity contribution in [2.75, 3.05) is 48.5 Å². The summed E-state index contributed by atoms with van der Waals surface area (Å²) in [5, 5.41) is 0. The maximum atomic E-state index is 5.67. The van der Waals surface area contributed by atoms with Gasteiger partial charge in [-0.05, 0) is 12.1 Å². The van der Waals surface area contributed by atoms with Crippen LogP contribution in [0.25, 0.3) is 0 Å². The molecule has 1 rings (SSSR count). The van der Waals surface area contributed by atoms with Gasteiger partial charge in [0.25, 0.3) is 0 Å². The van der Waals surface area contributed by atoms with Crippen molar-refractivity contribution < 1.29 is 18.9 Å². The van der Waals surface area contributed by atoms with Gasteiger partial charge in [-0.1, -0.05) is 57.3 Å². The van der Waals surface area contributed by atoms with Crippen LogP contribution in [-0.2, 0) is 9.47 Å². The average molecular weight is 506 g/mol. The lowest BCUT2D eigenvalue weighted by molar-refractivity contribution is 0.103. The van der Waals surface area contributed by atoms with Crippen molar-refractivity contribution in [1.29, 1.82) is 0 Å². The SMILES string of the molecule is ICCOCCOc1ccccc1OCCOCCI. The molecule has 0 fully saturated rings. The van der Waals surface area contributed by atoms with Crippen LogP contribution in [0.15, 0.2) is 24.3 Å². The highest BCUT2D eigenvalue weighted by Gasteiger charge is 2.03. The Labute approximate surface area is 147 Å². The summed E-state index contributed by atoms with van der Waals surface area (Å²) < 4.78 is 24.1. The Morgan fingerprint density at radius 1 is 0.650 bits per heavy atom. The normalized spacial score (nSPS) is 10.5. The first kappa shape index (κ1) is 18.2. The maximum absolute atomic E-state index is 5.67. The lowest BCUT2D eigenvalue weighted by Crippen LogP contribution is -2.11. The van der Waals surface area contributed by atoms with Crippen LogP contribution in [0.4, 0.5) is 0 Å². The summed E-state index contributed by atoms with van der Waals surface area (Å²) in [6.45, 7) is 3.77. The molecule has 0 aliphatic carbocycles. The molecule has 0 bridgehead atoms. The minimum Gasteiger partial charge on any atom is -0.487 e. The number of rotatable bonds is 12. The number of hydrogen-bond donors (Lipinski definition) is 0. The summed E-state index contributed by atoms with van der Waals surface area (Å²) >= 11 is 4.56. The molecule has 4 nitrogen and oxygen atoms in total. The predicted molar refractivity (Wildman–Crippen MR) is 96.8 cm³/mol. The molecule has 0 saturated heterocycles. The monoisotopic (exact) mass is 506 g/mol. The molecular formula is C14H20I2O4. The lowest BCUT2D eigenvalue weighted by Gasteiger charge is -2.12. The molecule has 0 saturated carbocycles. The van der Waals surface area contributed by atoms with Crippen LogP contribution in [0.1, 0.15) is 0 Å². The Kier molecular flexibility index (Phi) is 11.8. The van der Waals surface area contributed by atoms with Crippen LogP contribution in [-0.4, -0.2) is 48.5 Å². The Hall–Kier alpha value is 0.200. The summed E-state index contributed by atoms with van der Waals surface area (Å²) in [7, 11) is 0. The zero-order valence-electron chi connectivity index (χ0n) is 11.4. The highest BCUT2D eigenvalue weighted by atomic mass is 127. The van der Waals surface area contributed by atoms with Crippen LogP contribution in [0.3, 0.4) is 0 Å². The first-order valence-electron chi connectivity index (χ1n) is 6.50. The fraction of sp³-hybridized carbons (Fsp3) is 0.571. The molecule has 0 atom stereocenters. The zero-order chi connectivity index (χ0) is 14.5. The minimum absolute atomic E-state index is 0.530. The Morgan fingerprint density at radius 3 is 1.50 bits per heavy atom. The van der Waals surface area contributed by atoms with Gasteiger partial charge in [0.05, 0.1) is 26.4 Å². The molecule has 0 heterocycles. The van der Waals surface area contributed by atoms with E-state index in [-0.39, 0.29) is 0 Å². The van der Waals surface area contributed by atoms with E-state index in [1.54, 1.807) is 0 Å². The smallest absolute Gasteiger partial charge is 0.161 e. The van der Waals surface area contributed by atoms with Crippen LogP contribution >= 0.6 is 45.2 Å². The second-order valence-electron chi connectivity index (χ2n) is 3.75. The van der Waals surface area contributed by atoms with Gasteiger partial charge in [0, 0.05) is 8.86 Å². The minimum atomic E-state index is 0.530. The van der Waals surface area contributed by atoms with E-state index in [4.69, 9.17) is 18.9 Å². The van der Waals surface area contributed by atoms with E-state index in [2.05, 4.69) is 45.2 Å². The Balaban J connectivity index is 2.27. The summed E-state index contributed by atoms with van der Waals surface area (Å²) in [6.07, 6.45) is 0. The summed E-state index contributed by atoms with van der Waals surface area (Å²) in [5.41, 5.74) is 0. The van der Waals surface area contributed by atoms with Gasteiger partial charge >= 0.3 is 0 Å². The quantitative estimate of drug-likeness (QED) is 0.248. The molecule has 0 unspecified atom stereocenters. The lowest BCUT2D eigenvalue weighted by atomic mass is 10.3. The second-order valence-corrected chi connectivity index (χ2v) is 5.90. The number of benzene rings is 1. The van der Waals surface area contributed by atoms with E-state index in [0.29, 0.717) is 26.4 Å². The van der Waals surface area contributed by atoms with E-state index in [1.807, 2.05) is 24.3 Å². The fourth-order valence-electron chi connectivity index (χ4n) is 1.42. The van der Waals surface area contributed by atoms with E-state index in [1.165, 1.54) is 0 Å². The molecule has 6 heteroatoms. The Bertz CT molecular complexity index is 317. The van der Waals surface area contributed by atoms with E-state index in [0.717, 1.165) is 33.6 Å². The molecular weight excluding hydrogens is 486 g/mol. The standard InChI is InChI=1S/C14H20I2O4/c15-5-7-17-9-11-19-13-3-1-2-4-14(13)20-12-10-18-8-6-16/h1-4H,5-12H2. The van der Waals surface area contributed by atoms with E-state index in [9.17, 15) is 0 Å². The van der Waals surface area contributed by atoms with Gasteiger partial charge in [-0.2, -0.15) is 0 Å². The molecule has 0 aromatic heterocycles. The van der Waals surface area contributed by atoms with Gasteiger partial charge in [-0.15, -0.1) is 0 Å². The van der Waals surface area contributed by atoms with Crippen molar-refractivity contribution >= 4 is 45.2 Å². The van der Waals surface area contributed by atoms with Crippen molar-refractivity contribution in [3.8, 4) is 11.5 Å². The molecule has 1 aromatic rings. The molecule has 1 aromatic carbocycles. The van der Waals surface area contributed by atoms with Gasteiger partial charge in [0.15, 0.2) is 11.5 Å². The van der Waals surface area contributed by atoms with Crippen LogP contribution in [0, 0.1) is 0 Å². The molecule has 114 valence electrons. The van der Waals surface area contributed by atoms with Crippen molar-refractivity contribution in [2.45, 2.75) is 0 Å². The van der Waals surface area contributed by atoms with Crippen molar-refractivity contribution in [2.24, 2.45) is 0 Å². The van der Waals surface area contributed by atoms with Gasteiger partial charge in [0.1, 0.15) is 13.2 Å². The molecule has 0 amide bonds. The molecule has 0 spiro atoms. The second kappa shape index (κ2) is 12.9. The molecule has 0 N–H and O–H groups in total. The Morgan fingerprint density at radius 2 is 1.10 bits per heavy atom. The van der Waals surface area contributed by atoms with Crippen LogP contribution in [0.2, 0.25) is 0 Å². The average Bonchev–Trinajstić information content (AvgIpc) is 2.48. The highest BCUT2D eigenvalue weighted by Crippen LogP contribution is 2.26. The zero-order valence-corrected chi connectivity index (χ0v) is 15.7. The van der Waals surface area contributed by atoms with Gasteiger partial charge in [-0.25, -0.2) is 0 Å². The summed E-state index contributed by atoms with van der Waals surface area (Å²) in [4.78, 5) is 0. The molecule has 0 aliphatic heterocycles. The van der Waals surface area contributed by atoms with Crippen molar-refractivity contribution in [1.82, 2.24) is 0 Å². The van der Waals surface area contributed by atoms with Gasteiger partial charge < -0.3 is 18.9 Å². The van der Waals surface area contributed by atoms with Gasteiger partial charge in [0.2, 0.25) is 0 Å². The van der Waals surface area contributed by atoms with Gasteiger partial charge in [-0.3, -0.25) is 0 Å². The number of para-hydroxylation sites is 2. The largest absolute Gasteiger partial charge is 0.487 e. The summed E-state index contributed by atoms with van der Waals surface area (Å²) in [5.74, 6) is 1.50. The number of alkyl halides is 2. The molecule has 0 radical (unpaired) electrons. The fourth-order valence-corrected chi connectivity index (χ4v) is 2.05.